The van der Waals surface area contributed by atoms with Gasteiger partial charge in [-0.1, -0.05) is 25.1 Å². The number of carbonyl (C=O) groups is 1. The maximum Gasteiger partial charge on any atom is 0.260 e. The van der Waals surface area contributed by atoms with Crippen molar-refractivity contribution in [1.82, 2.24) is 9.88 Å². The molecule has 132 valence electrons. The van der Waals surface area contributed by atoms with Crippen molar-refractivity contribution in [1.29, 1.82) is 0 Å². The highest BCUT2D eigenvalue weighted by Crippen LogP contribution is 2.41. The van der Waals surface area contributed by atoms with Crippen LogP contribution in [0, 0.1) is 0 Å². The van der Waals surface area contributed by atoms with Gasteiger partial charge in [-0.15, -0.1) is 0 Å². The van der Waals surface area contributed by atoms with E-state index in [9.17, 15) is 4.79 Å². The first-order valence-corrected chi connectivity index (χ1v) is 9.21. The van der Waals surface area contributed by atoms with E-state index in [0.717, 1.165) is 36.3 Å². The smallest absolute Gasteiger partial charge is 0.260 e. The summed E-state index contributed by atoms with van der Waals surface area (Å²) in [4.78, 5) is 18.3. The average Bonchev–Trinajstić information content (AvgIpc) is 3.05. The number of H-pyrrole nitrogens is 1. The van der Waals surface area contributed by atoms with Gasteiger partial charge in [0.1, 0.15) is 5.75 Å². The fraction of sp³-hybridized carbons (Fsp3) is 0.286. The molecule has 2 aliphatic heterocycles. The summed E-state index contributed by atoms with van der Waals surface area (Å²) in [7, 11) is 0. The molecule has 0 fully saturated rings. The van der Waals surface area contributed by atoms with Crippen molar-refractivity contribution < 1.29 is 9.53 Å². The first-order valence-electron chi connectivity index (χ1n) is 9.21. The van der Waals surface area contributed by atoms with Gasteiger partial charge in [0.25, 0.3) is 5.91 Å². The number of aromatic amines is 1. The quantitative estimate of drug-likeness (QED) is 0.751. The number of nitrogens with zero attached hydrogens (tertiary/aromatic N) is 1. The highest BCUT2D eigenvalue weighted by atomic mass is 16.5. The van der Waals surface area contributed by atoms with Gasteiger partial charge in [0, 0.05) is 35.7 Å². The lowest BCUT2D eigenvalue weighted by Crippen LogP contribution is -2.45. The van der Waals surface area contributed by atoms with Crippen molar-refractivity contribution >= 4 is 22.5 Å². The van der Waals surface area contributed by atoms with Gasteiger partial charge in [-0.3, -0.25) is 9.69 Å². The lowest BCUT2D eigenvalue weighted by atomic mass is 9.99. The van der Waals surface area contributed by atoms with Gasteiger partial charge >= 0.3 is 0 Å². The molecular formula is C21H21N3O2. The number of hydrogen-bond acceptors (Lipinski definition) is 3. The average molecular weight is 347 g/mol. The Kier molecular flexibility index (Phi) is 3.42. The van der Waals surface area contributed by atoms with Crippen LogP contribution in [0.15, 0.2) is 42.5 Å². The van der Waals surface area contributed by atoms with Crippen LogP contribution >= 0.6 is 0 Å². The molecule has 0 saturated carbocycles. The fourth-order valence-electron chi connectivity index (χ4n) is 3.99. The Hall–Kier alpha value is -2.95. The van der Waals surface area contributed by atoms with Crippen LogP contribution in [0.1, 0.15) is 41.2 Å². The Labute approximate surface area is 152 Å². The molecule has 5 rings (SSSR count). The number of rotatable bonds is 3. The summed E-state index contributed by atoms with van der Waals surface area (Å²) < 4.78 is 6.32. The summed E-state index contributed by atoms with van der Waals surface area (Å²) in [5.41, 5.74) is 4.99. The van der Waals surface area contributed by atoms with Gasteiger partial charge in [-0.2, -0.15) is 0 Å². The van der Waals surface area contributed by atoms with Crippen molar-refractivity contribution in [3.05, 3.63) is 59.3 Å². The zero-order valence-corrected chi connectivity index (χ0v) is 14.7. The van der Waals surface area contributed by atoms with E-state index in [1.807, 2.05) is 29.2 Å². The summed E-state index contributed by atoms with van der Waals surface area (Å²) in [6.07, 6.45) is 1.51. The van der Waals surface area contributed by atoms with Gasteiger partial charge in [0.2, 0.25) is 6.23 Å². The molecule has 1 aromatic heterocycles. The number of ether oxygens (including phenoxy) is 1. The third-order valence-corrected chi connectivity index (χ3v) is 5.27. The van der Waals surface area contributed by atoms with Gasteiger partial charge in [0.05, 0.1) is 11.3 Å². The topological polar surface area (TPSA) is 57.4 Å². The summed E-state index contributed by atoms with van der Waals surface area (Å²) in [6.45, 7) is 3.70. The number of benzene rings is 2. The van der Waals surface area contributed by atoms with Crippen molar-refractivity contribution in [2.75, 3.05) is 18.4 Å². The van der Waals surface area contributed by atoms with E-state index in [1.165, 1.54) is 10.9 Å². The Balaban J connectivity index is 1.57. The van der Waals surface area contributed by atoms with Crippen LogP contribution < -0.4 is 10.1 Å². The number of aromatic nitrogens is 1. The van der Waals surface area contributed by atoms with Crippen LogP contribution in [0.5, 0.6) is 5.75 Å². The summed E-state index contributed by atoms with van der Waals surface area (Å²) in [5.74, 6) is 0.700. The first-order chi connectivity index (χ1) is 12.8. The molecule has 0 spiro atoms. The van der Waals surface area contributed by atoms with Crippen LogP contribution in [0.2, 0.25) is 0 Å². The summed E-state index contributed by atoms with van der Waals surface area (Å²) in [5, 5.41) is 4.58. The van der Waals surface area contributed by atoms with Gasteiger partial charge in [-0.05, 0) is 36.6 Å². The van der Waals surface area contributed by atoms with E-state index in [1.54, 1.807) is 0 Å². The molecule has 0 saturated heterocycles. The molecule has 26 heavy (non-hydrogen) atoms. The summed E-state index contributed by atoms with van der Waals surface area (Å²) in [6, 6.07) is 14.0. The van der Waals surface area contributed by atoms with Crippen LogP contribution in [0.4, 0.5) is 5.69 Å². The first kappa shape index (κ1) is 15.3. The normalized spacial score (nSPS) is 18.1. The highest BCUT2D eigenvalue weighted by molar-refractivity contribution is 5.99. The number of fused-ring (bicyclic) bond motifs is 6. The number of hydrogen-bond donors (Lipinski definition) is 2. The van der Waals surface area contributed by atoms with E-state index in [2.05, 4.69) is 35.4 Å². The zero-order valence-electron chi connectivity index (χ0n) is 14.7. The van der Waals surface area contributed by atoms with E-state index in [-0.39, 0.29) is 12.1 Å². The third kappa shape index (κ3) is 2.20. The molecule has 3 heterocycles. The number of nitrogens with one attached hydrogen (secondary N) is 2. The molecular weight excluding hydrogens is 326 g/mol. The van der Waals surface area contributed by atoms with Gasteiger partial charge < -0.3 is 15.0 Å². The monoisotopic (exact) mass is 347 g/mol. The molecule has 0 aliphatic carbocycles. The predicted molar refractivity (Wildman–Crippen MR) is 102 cm³/mol. The minimum Gasteiger partial charge on any atom is -0.464 e. The Morgan fingerprint density at radius 2 is 2.15 bits per heavy atom. The largest absolute Gasteiger partial charge is 0.464 e. The number of carbonyl (C=O) groups excluding carboxylic acids is 1. The van der Waals surface area contributed by atoms with E-state index in [0.29, 0.717) is 17.9 Å². The molecule has 0 bridgehead atoms. The van der Waals surface area contributed by atoms with E-state index >= 15 is 0 Å². The Morgan fingerprint density at radius 3 is 3.04 bits per heavy atom. The maximum absolute atomic E-state index is 13.0. The van der Waals surface area contributed by atoms with Crippen LogP contribution in [-0.2, 0) is 6.42 Å². The lowest BCUT2D eigenvalue weighted by Gasteiger charge is -2.39. The Bertz CT molecular complexity index is 1010. The van der Waals surface area contributed by atoms with Crippen molar-refractivity contribution in [2.45, 2.75) is 26.0 Å². The maximum atomic E-state index is 13.0. The zero-order chi connectivity index (χ0) is 17.7. The second-order valence-electron chi connectivity index (χ2n) is 6.92. The second kappa shape index (κ2) is 5.80. The van der Waals surface area contributed by atoms with Gasteiger partial charge in [0.15, 0.2) is 0 Å². The molecule has 0 radical (unpaired) electrons. The molecule has 5 nitrogen and oxygen atoms in total. The van der Waals surface area contributed by atoms with Crippen LogP contribution in [0.25, 0.3) is 10.9 Å². The minimum absolute atomic E-state index is 0.0441. The number of anilines is 1. The summed E-state index contributed by atoms with van der Waals surface area (Å²) >= 11 is 0. The molecule has 2 N–H and O–H groups in total. The molecule has 5 heteroatoms. The molecule has 1 amide bonds. The number of amides is 1. The van der Waals surface area contributed by atoms with Crippen LogP contribution in [-0.4, -0.2) is 28.9 Å². The van der Waals surface area contributed by atoms with Crippen LogP contribution in [0.3, 0.4) is 0 Å². The van der Waals surface area contributed by atoms with Crippen molar-refractivity contribution in [2.24, 2.45) is 0 Å². The highest BCUT2D eigenvalue weighted by Gasteiger charge is 2.40. The molecule has 2 aliphatic rings. The van der Waals surface area contributed by atoms with E-state index in [4.69, 9.17) is 4.74 Å². The molecule has 1 atom stereocenters. The SMILES string of the molecule is CCCNc1ccc2c(c1)OC1c3[nH]c4ccccc4c3CCN1C2=O. The minimum atomic E-state index is -0.382. The lowest BCUT2D eigenvalue weighted by molar-refractivity contribution is 0.00207. The standard InChI is InChI=1S/C21H21N3O2/c1-2-10-22-13-7-8-16-18(12-13)26-21-19-15(9-11-24(21)20(16)25)14-5-3-4-6-17(14)23-19/h3-8,12,21-23H,2,9-11H2,1H3. The number of para-hydroxylation sites is 1. The van der Waals surface area contributed by atoms with Crippen molar-refractivity contribution in [3.63, 3.8) is 0 Å². The molecule has 3 aromatic rings. The molecule has 2 aromatic carbocycles. The Morgan fingerprint density at radius 1 is 1.27 bits per heavy atom. The fourth-order valence-corrected chi connectivity index (χ4v) is 3.99. The third-order valence-electron chi connectivity index (χ3n) is 5.27. The van der Waals surface area contributed by atoms with Gasteiger partial charge in [-0.25, -0.2) is 0 Å². The molecule has 1 unspecified atom stereocenters. The van der Waals surface area contributed by atoms with E-state index < -0.39 is 0 Å². The predicted octanol–water partition coefficient (Wildman–Crippen LogP) is 4.08. The second-order valence-corrected chi connectivity index (χ2v) is 6.92. The van der Waals surface area contributed by atoms with Crippen molar-refractivity contribution in [3.8, 4) is 5.75 Å².